The molecule has 1 fully saturated rings. The highest BCUT2D eigenvalue weighted by molar-refractivity contribution is 5.25. The predicted molar refractivity (Wildman–Crippen MR) is 49.8 cm³/mol. The fourth-order valence-corrected chi connectivity index (χ4v) is 2.35. The Morgan fingerprint density at radius 2 is 2.42 bits per heavy atom. The van der Waals surface area contributed by atoms with Crippen molar-refractivity contribution in [2.24, 2.45) is 5.92 Å². The quantitative estimate of drug-likeness (QED) is 0.545. The normalized spacial score (nSPS) is 40.5. The van der Waals surface area contributed by atoms with Crippen molar-refractivity contribution in [2.75, 3.05) is 0 Å². The van der Waals surface area contributed by atoms with E-state index < -0.39 is 5.60 Å². The number of rotatable bonds is 0. The van der Waals surface area contributed by atoms with Gasteiger partial charge in [0.25, 0.3) is 0 Å². The summed E-state index contributed by atoms with van der Waals surface area (Å²) in [6, 6.07) is 0. The Bertz CT molecular complexity index is 235. The SMILES string of the molecule is C[C@@]1(O)CCCC2=CCC=C[C@@H]21. The third kappa shape index (κ3) is 1.22. The van der Waals surface area contributed by atoms with Gasteiger partial charge in [-0.3, -0.25) is 0 Å². The van der Waals surface area contributed by atoms with Crippen molar-refractivity contribution < 1.29 is 5.11 Å². The molecule has 66 valence electrons. The zero-order valence-electron chi connectivity index (χ0n) is 7.59. The number of hydrogen-bond donors (Lipinski definition) is 1. The van der Waals surface area contributed by atoms with Crippen LogP contribution in [0.2, 0.25) is 0 Å². The van der Waals surface area contributed by atoms with E-state index in [4.69, 9.17) is 0 Å². The highest BCUT2D eigenvalue weighted by atomic mass is 16.3. The van der Waals surface area contributed by atoms with E-state index in [0.29, 0.717) is 5.92 Å². The zero-order chi connectivity index (χ0) is 8.60. The molecule has 0 bridgehead atoms. The molecule has 0 unspecified atom stereocenters. The van der Waals surface area contributed by atoms with Crippen LogP contribution in [0, 0.1) is 5.92 Å². The first-order chi connectivity index (χ1) is 5.70. The molecule has 2 aliphatic rings. The van der Waals surface area contributed by atoms with Gasteiger partial charge in [0.15, 0.2) is 0 Å². The van der Waals surface area contributed by atoms with E-state index in [-0.39, 0.29) is 0 Å². The van der Waals surface area contributed by atoms with Gasteiger partial charge in [-0.05, 0) is 32.6 Å². The van der Waals surface area contributed by atoms with Crippen LogP contribution in [0.4, 0.5) is 0 Å². The molecule has 1 N–H and O–H groups in total. The summed E-state index contributed by atoms with van der Waals surface area (Å²) in [7, 11) is 0. The Hall–Kier alpha value is -0.560. The van der Waals surface area contributed by atoms with Gasteiger partial charge in [0.1, 0.15) is 0 Å². The molecule has 0 spiro atoms. The molecule has 0 radical (unpaired) electrons. The Morgan fingerprint density at radius 1 is 1.58 bits per heavy atom. The molecule has 0 aliphatic heterocycles. The first kappa shape index (κ1) is 8.06. The van der Waals surface area contributed by atoms with E-state index in [9.17, 15) is 5.11 Å². The van der Waals surface area contributed by atoms with Crippen molar-refractivity contribution in [3.05, 3.63) is 23.8 Å². The van der Waals surface area contributed by atoms with Crippen LogP contribution in [-0.2, 0) is 0 Å². The van der Waals surface area contributed by atoms with Crippen molar-refractivity contribution in [3.8, 4) is 0 Å². The Kier molecular flexibility index (Phi) is 1.84. The van der Waals surface area contributed by atoms with Crippen molar-refractivity contribution in [1.29, 1.82) is 0 Å². The molecule has 0 aromatic carbocycles. The molecule has 2 aliphatic carbocycles. The van der Waals surface area contributed by atoms with Gasteiger partial charge in [0, 0.05) is 5.92 Å². The Balaban J connectivity index is 2.27. The van der Waals surface area contributed by atoms with Gasteiger partial charge in [-0.1, -0.05) is 23.8 Å². The molecular weight excluding hydrogens is 148 g/mol. The lowest BCUT2D eigenvalue weighted by Gasteiger charge is -2.38. The maximum atomic E-state index is 10.1. The smallest absolute Gasteiger partial charge is 0.0719 e. The van der Waals surface area contributed by atoms with Gasteiger partial charge in [-0.25, -0.2) is 0 Å². The first-order valence-corrected chi connectivity index (χ1v) is 4.78. The topological polar surface area (TPSA) is 20.2 Å². The zero-order valence-corrected chi connectivity index (χ0v) is 7.59. The van der Waals surface area contributed by atoms with E-state index in [0.717, 1.165) is 19.3 Å². The summed E-state index contributed by atoms with van der Waals surface area (Å²) in [6.45, 7) is 1.96. The predicted octanol–water partition coefficient (Wildman–Crippen LogP) is 2.42. The van der Waals surface area contributed by atoms with Crippen LogP contribution in [0.1, 0.15) is 32.6 Å². The molecule has 12 heavy (non-hydrogen) atoms. The van der Waals surface area contributed by atoms with E-state index >= 15 is 0 Å². The largest absolute Gasteiger partial charge is 0.389 e. The van der Waals surface area contributed by atoms with Gasteiger partial charge >= 0.3 is 0 Å². The summed E-state index contributed by atoms with van der Waals surface area (Å²) in [4.78, 5) is 0. The van der Waals surface area contributed by atoms with Crippen LogP contribution in [0.15, 0.2) is 23.8 Å². The van der Waals surface area contributed by atoms with Crippen LogP contribution in [0.5, 0.6) is 0 Å². The molecule has 1 nitrogen and oxygen atoms in total. The second-order valence-electron chi connectivity index (χ2n) is 4.13. The van der Waals surface area contributed by atoms with Crippen LogP contribution in [0.25, 0.3) is 0 Å². The average Bonchev–Trinajstić information content (AvgIpc) is 2.04. The maximum absolute atomic E-state index is 10.1. The number of fused-ring (bicyclic) bond motifs is 1. The molecule has 0 amide bonds. The van der Waals surface area contributed by atoms with Crippen molar-refractivity contribution in [2.45, 2.75) is 38.2 Å². The third-order valence-electron chi connectivity index (χ3n) is 3.06. The van der Waals surface area contributed by atoms with Crippen molar-refractivity contribution in [3.63, 3.8) is 0 Å². The molecule has 0 heterocycles. The second-order valence-corrected chi connectivity index (χ2v) is 4.13. The minimum absolute atomic E-state index is 0.306. The van der Waals surface area contributed by atoms with E-state index in [1.165, 1.54) is 12.0 Å². The van der Waals surface area contributed by atoms with Gasteiger partial charge < -0.3 is 5.11 Å². The summed E-state index contributed by atoms with van der Waals surface area (Å²) in [5.74, 6) is 0.306. The lowest BCUT2D eigenvalue weighted by atomic mass is 9.71. The standard InChI is InChI=1S/C11H16O/c1-11(12)8-4-6-9-5-2-3-7-10(9)11/h3,5,7,10,12H,2,4,6,8H2,1H3/t10-,11+/m0/s1. The fraction of sp³-hybridized carbons (Fsp3) is 0.636. The molecule has 1 heteroatoms. The molecule has 0 saturated heterocycles. The summed E-state index contributed by atoms with van der Waals surface area (Å²) in [6.07, 6.45) is 10.9. The molecule has 1 saturated carbocycles. The van der Waals surface area contributed by atoms with Gasteiger partial charge in [0.2, 0.25) is 0 Å². The monoisotopic (exact) mass is 164 g/mol. The summed E-state index contributed by atoms with van der Waals surface area (Å²) in [5, 5.41) is 10.1. The summed E-state index contributed by atoms with van der Waals surface area (Å²) >= 11 is 0. The van der Waals surface area contributed by atoms with Gasteiger partial charge in [-0.2, -0.15) is 0 Å². The molecule has 2 rings (SSSR count). The average molecular weight is 164 g/mol. The molecular formula is C11H16O. The Labute approximate surface area is 73.8 Å². The van der Waals surface area contributed by atoms with E-state index in [1.807, 2.05) is 6.92 Å². The first-order valence-electron chi connectivity index (χ1n) is 4.78. The van der Waals surface area contributed by atoms with Crippen LogP contribution >= 0.6 is 0 Å². The molecule has 0 aromatic rings. The third-order valence-corrected chi connectivity index (χ3v) is 3.06. The van der Waals surface area contributed by atoms with E-state index in [1.54, 1.807) is 0 Å². The van der Waals surface area contributed by atoms with E-state index in [2.05, 4.69) is 18.2 Å². The van der Waals surface area contributed by atoms with Crippen molar-refractivity contribution >= 4 is 0 Å². The summed E-state index contributed by atoms with van der Waals surface area (Å²) in [5.41, 5.74) is 0.967. The highest BCUT2D eigenvalue weighted by Gasteiger charge is 2.36. The van der Waals surface area contributed by atoms with Crippen LogP contribution < -0.4 is 0 Å². The summed E-state index contributed by atoms with van der Waals surface area (Å²) < 4.78 is 0. The van der Waals surface area contributed by atoms with Crippen molar-refractivity contribution in [1.82, 2.24) is 0 Å². The Morgan fingerprint density at radius 3 is 3.17 bits per heavy atom. The highest BCUT2D eigenvalue weighted by Crippen LogP contribution is 2.39. The second kappa shape index (κ2) is 2.74. The van der Waals surface area contributed by atoms with Gasteiger partial charge in [-0.15, -0.1) is 0 Å². The lowest BCUT2D eigenvalue weighted by molar-refractivity contribution is 0.00763. The maximum Gasteiger partial charge on any atom is 0.0719 e. The minimum Gasteiger partial charge on any atom is -0.389 e. The fourth-order valence-electron chi connectivity index (χ4n) is 2.35. The lowest BCUT2D eigenvalue weighted by Crippen LogP contribution is -2.38. The minimum atomic E-state index is -0.485. The van der Waals surface area contributed by atoms with Crippen LogP contribution in [0.3, 0.4) is 0 Å². The van der Waals surface area contributed by atoms with Gasteiger partial charge in [0.05, 0.1) is 5.60 Å². The van der Waals surface area contributed by atoms with Crippen LogP contribution in [-0.4, -0.2) is 10.7 Å². The number of allylic oxidation sites excluding steroid dienone is 2. The molecule has 0 aromatic heterocycles. The molecule has 2 atom stereocenters. The number of hydrogen-bond acceptors (Lipinski definition) is 1. The number of aliphatic hydroxyl groups is 1.